The summed E-state index contributed by atoms with van der Waals surface area (Å²) in [5.74, 6) is 0.406. The second kappa shape index (κ2) is 9.04. The molecule has 0 aliphatic rings. The summed E-state index contributed by atoms with van der Waals surface area (Å²) in [6, 6.07) is 26.8. The van der Waals surface area contributed by atoms with Crippen LogP contribution in [0.2, 0.25) is 0 Å². The first-order valence-electron chi connectivity index (χ1n) is 9.38. The molecule has 0 fully saturated rings. The van der Waals surface area contributed by atoms with Crippen LogP contribution in [-0.2, 0) is 11.3 Å². The average molecular weight is 358 g/mol. The molecule has 0 atom stereocenters. The normalized spacial score (nSPS) is 10.6. The minimum Gasteiger partial charge on any atom is -0.381 e. The molecule has 1 amide bonds. The molecule has 0 heterocycles. The molecule has 0 aliphatic heterocycles. The SMILES string of the molecule is CC(C)CC(=O)Nc1cccc(NCc2ccc(-c3ccccc3)cc2)c1. The van der Waals surface area contributed by atoms with Gasteiger partial charge in [0.15, 0.2) is 0 Å². The van der Waals surface area contributed by atoms with Crippen LogP contribution in [-0.4, -0.2) is 5.91 Å². The van der Waals surface area contributed by atoms with Crippen molar-refractivity contribution in [2.24, 2.45) is 5.92 Å². The van der Waals surface area contributed by atoms with Gasteiger partial charge in [0.05, 0.1) is 0 Å². The summed E-state index contributed by atoms with van der Waals surface area (Å²) in [6.45, 7) is 4.82. The van der Waals surface area contributed by atoms with Gasteiger partial charge in [-0.15, -0.1) is 0 Å². The van der Waals surface area contributed by atoms with Crippen molar-refractivity contribution in [2.75, 3.05) is 10.6 Å². The Kier molecular flexibility index (Phi) is 6.26. The predicted molar refractivity (Wildman–Crippen MR) is 114 cm³/mol. The van der Waals surface area contributed by atoms with Crippen LogP contribution in [0.15, 0.2) is 78.9 Å². The van der Waals surface area contributed by atoms with Crippen LogP contribution in [0.1, 0.15) is 25.8 Å². The Morgan fingerprint density at radius 2 is 1.48 bits per heavy atom. The molecule has 0 aromatic heterocycles. The molecule has 0 spiro atoms. The summed E-state index contributed by atoms with van der Waals surface area (Å²) in [7, 11) is 0. The van der Waals surface area contributed by atoms with E-state index in [4.69, 9.17) is 0 Å². The van der Waals surface area contributed by atoms with Crippen molar-refractivity contribution in [2.45, 2.75) is 26.8 Å². The molecule has 138 valence electrons. The minimum absolute atomic E-state index is 0.0543. The first-order valence-corrected chi connectivity index (χ1v) is 9.38. The van der Waals surface area contributed by atoms with Crippen LogP contribution < -0.4 is 10.6 Å². The Morgan fingerprint density at radius 1 is 0.815 bits per heavy atom. The van der Waals surface area contributed by atoms with E-state index in [9.17, 15) is 4.79 Å². The summed E-state index contributed by atoms with van der Waals surface area (Å²) >= 11 is 0. The standard InChI is InChI=1S/C24H26N2O/c1-18(2)15-24(27)26-23-10-6-9-22(16-23)25-17-19-11-13-21(14-12-19)20-7-4-3-5-8-20/h3-14,16,18,25H,15,17H2,1-2H3,(H,26,27). The minimum atomic E-state index is 0.0543. The van der Waals surface area contributed by atoms with E-state index in [-0.39, 0.29) is 5.91 Å². The highest BCUT2D eigenvalue weighted by molar-refractivity contribution is 5.91. The molecule has 3 nitrogen and oxygen atoms in total. The van der Waals surface area contributed by atoms with E-state index in [0.29, 0.717) is 12.3 Å². The van der Waals surface area contributed by atoms with Crippen LogP contribution in [0.3, 0.4) is 0 Å². The third-order valence-electron chi connectivity index (χ3n) is 4.30. The van der Waals surface area contributed by atoms with Crippen LogP contribution in [0.25, 0.3) is 11.1 Å². The van der Waals surface area contributed by atoms with Crippen molar-refractivity contribution in [3.8, 4) is 11.1 Å². The lowest BCUT2D eigenvalue weighted by molar-refractivity contribution is -0.116. The molecule has 3 heteroatoms. The lowest BCUT2D eigenvalue weighted by Crippen LogP contribution is -2.13. The number of hydrogen-bond acceptors (Lipinski definition) is 2. The molecule has 0 saturated heterocycles. The smallest absolute Gasteiger partial charge is 0.224 e. The Morgan fingerprint density at radius 3 is 2.19 bits per heavy atom. The molecular weight excluding hydrogens is 332 g/mol. The van der Waals surface area contributed by atoms with Crippen LogP contribution in [0.5, 0.6) is 0 Å². The summed E-state index contributed by atoms with van der Waals surface area (Å²) in [4.78, 5) is 11.9. The first kappa shape index (κ1) is 18.7. The van der Waals surface area contributed by atoms with Gasteiger partial charge in [0.1, 0.15) is 0 Å². The molecule has 0 aliphatic carbocycles. The average Bonchev–Trinajstić information content (AvgIpc) is 2.67. The third-order valence-corrected chi connectivity index (χ3v) is 4.30. The Hall–Kier alpha value is -3.07. The van der Waals surface area contributed by atoms with Gasteiger partial charge in [-0.3, -0.25) is 4.79 Å². The fraction of sp³-hybridized carbons (Fsp3) is 0.208. The van der Waals surface area contributed by atoms with Gasteiger partial charge in [0.2, 0.25) is 5.91 Å². The monoisotopic (exact) mass is 358 g/mol. The highest BCUT2D eigenvalue weighted by atomic mass is 16.1. The highest BCUT2D eigenvalue weighted by Crippen LogP contribution is 2.20. The Labute approximate surface area is 161 Å². The molecule has 3 aromatic rings. The number of carbonyl (C=O) groups is 1. The van der Waals surface area contributed by atoms with Gasteiger partial charge in [0, 0.05) is 24.3 Å². The Balaban J connectivity index is 1.58. The van der Waals surface area contributed by atoms with E-state index < -0.39 is 0 Å². The summed E-state index contributed by atoms with van der Waals surface area (Å²) in [6.07, 6.45) is 0.533. The fourth-order valence-corrected chi connectivity index (χ4v) is 2.94. The first-order chi connectivity index (χ1) is 13.1. The van der Waals surface area contributed by atoms with Gasteiger partial charge >= 0.3 is 0 Å². The number of anilines is 2. The molecule has 27 heavy (non-hydrogen) atoms. The molecule has 2 N–H and O–H groups in total. The van der Waals surface area contributed by atoms with E-state index >= 15 is 0 Å². The van der Waals surface area contributed by atoms with Gasteiger partial charge in [-0.25, -0.2) is 0 Å². The quantitative estimate of drug-likeness (QED) is 0.548. The highest BCUT2D eigenvalue weighted by Gasteiger charge is 2.05. The molecule has 0 radical (unpaired) electrons. The van der Waals surface area contributed by atoms with Crippen molar-refractivity contribution in [1.82, 2.24) is 0 Å². The van der Waals surface area contributed by atoms with E-state index in [1.54, 1.807) is 0 Å². The van der Waals surface area contributed by atoms with Gasteiger partial charge in [-0.1, -0.05) is 74.5 Å². The zero-order chi connectivity index (χ0) is 19.1. The number of rotatable bonds is 7. The zero-order valence-electron chi connectivity index (χ0n) is 15.9. The van der Waals surface area contributed by atoms with E-state index in [1.807, 2.05) is 44.2 Å². The summed E-state index contributed by atoms with van der Waals surface area (Å²) in [5.41, 5.74) is 5.47. The van der Waals surface area contributed by atoms with Gasteiger partial charge in [-0.2, -0.15) is 0 Å². The summed E-state index contributed by atoms with van der Waals surface area (Å²) < 4.78 is 0. The molecule has 0 unspecified atom stereocenters. The van der Waals surface area contributed by atoms with Crippen molar-refractivity contribution in [3.05, 3.63) is 84.4 Å². The van der Waals surface area contributed by atoms with Crippen molar-refractivity contribution >= 4 is 17.3 Å². The fourth-order valence-electron chi connectivity index (χ4n) is 2.94. The predicted octanol–water partition coefficient (Wildman–Crippen LogP) is 5.95. The van der Waals surface area contributed by atoms with Crippen LogP contribution in [0.4, 0.5) is 11.4 Å². The largest absolute Gasteiger partial charge is 0.381 e. The van der Waals surface area contributed by atoms with Crippen molar-refractivity contribution in [1.29, 1.82) is 0 Å². The lowest BCUT2D eigenvalue weighted by atomic mass is 10.0. The number of amides is 1. The number of hydrogen-bond donors (Lipinski definition) is 2. The topological polar surface area (TPSA) is 41.1 Å². The van der Waals surface area contributed by atoms with Crippen LogP contribution in [0, 0.1) is 5.92 Å². The van der Waals surface area contributed by atoms with E-state index in [2.05, 4.69) is 59.2 Å². The number of carbonyl (C=O) groups excluding carboxylic acids is 1. The van der Waals surface area contributed by atoms with Gasteiger partial charge in [-0.05, 0) is 40.8 Å². The van der Waals surface area contributed by atoms with E-state index in [1.165, 1.54) is 16.7 Å². The second-order valence-electron chi connectivity index (χ2n) is 7.14. The lowest BCUT2D eigenvalue weighted by Gasteiger charge is -2.11. The maximum absolute atomic E-state index is 11.9. The third kappa shape index (κ3) is 5.71. The molecule has 3 rings (SSSR count). The maximum Gasteiger partial charge on any atom is 0.224 e. The number of benzene rings is 3. The number of nitrogens with one attached hydrogen (secondary N) is 2. The zero-order valence-corrected chi connectivity index (χ0v) is 15.9. The van der Waals surface area contributed by atoms with Crippen molar-refractivity contribution < 1.29 is 4.79 Å². The Bertz CT molecular complexity index is 870. The van der Waals surface area contributed by atoms with Gasteiger partial charge < -0.3 is 10.6 Å². The van der Waals surface area contributed by atoms with E-state index in [0.717, 1.165) is 17.9 Å². The summed E-state index contributed by atoms with van der Waals surface area (Å²) in [5, 5.41) is 6.38. The molecular formula is C24H26N2O. The molecule has 0 bridgehead atoms. The van der Waals surface area contributed by atoms with Crippen molar-refractivity contribution in [3.63, 3.8) is 0 Å². The molecule has 0 saturated carbocycles. The molecule has 3 aromatic carbocycles. The van der Waals surface area contributed by atoms with Gasteiger partial charge in [0.25, 0.3) is 0 Å². The maximum atomic E-state index is 11.9. The second-order valence-corrected chi connectivity index (χ2v) is 7.14. The van der Waals surface area contributed by atoms with Crippen LogP contribution >= 0.6 is 0 Å².